The number of aryl methyl sites for hydroxylation is 2. The molecule has 0 aliphatic rings. The lowest BCUT2D eigenvalue weighted by molar-refractivity contribution is 0.0531. The van der Waals surface area contributed by atoms with Gasteiger partial charge in [0.05, 0.1) is 18.5 Å². The van der Waals surface area contributed by atoms with Gasteiger partial charge in [0.1, 0.15) is 21.3 Å². The van der Waals surface area contributed by atoms with E-state index in [0.717, 1.165) is 33.3 Å². The molecule has 8 nitrogen and oxygen atoms in total. The molecule has 4 rings (SSSR count). The predicted octanol–water partition coefficient (Wildman–Crippen LogP) is 4.41. The standard InChI is InChI=1S/C20H20N6O2S2/c1-4-15-25-26-14(16(23-20(26)29-15)13-9-7-6-8-10-13)11-21-24-19-22-12(3)17(30-19)18(27)28-5-2/h6-11H,4-5H2,1-3H3,(H,22,24)/b21-11+. The number of hydrazone groups is 1. The Morgan fingerprint density at radius 2 is 2.03 bits per heavy atom. The van der Waals surface area contributed by atoms with E-state index < -0.39 is 0 Å². The van der Waals surface area contributed by atoms with E-state index in [1.165, 1.54) is 11.3 Å². The van der Waals surface area contributed by atoms with Gasteiger partial charge in [-0.15, -0.1) is 0 Å². The Labute approximate surface area is 181 Å². The van der Waals surface area contributed by atoms with E-state index in [-0.39, 0.29) is 5.97 Å². The van der Waals surface area contributed by atoms with Crippen molar-refractivity contribution >= 4 is 44.9 Å². The number of thiazole rings is 1. The first kappa shape index (κ1) is 20.2. The molecular formula is C20H20N6O2S2. The molecule has 0 aliphatic carbocycles. The number of anilines is 1. The van der Waals surface area contributed by atoms with Gasteiger partial charge in [0.25, 0.3) is 0 Å². The van der Waals surface area contributed by atoms with Crippen molar-refractivity contribution in [2.24, 2.45) is 5.10 Å². The van der Waals surface area contributed by atoms with Crippen molar-refractivity contribution in [3.63, 3.8) is 0 Å². The van der Waals surface area contributed by atoms with Crippen LogP contribution < -0.4 is 5.43 Å². The number of hydrogen-bond acceptors (Lipinski definition) is 9. The van der Waals surface area contributed by atoms with E-state index in [4.69, 9.17) is 9.72 Å². The maximum absolute atomic E-state index is 12.0. The number of esters is 1. The molecule has 0 saturated carbocycles. The first-order valence-electron chi connectivity index (χ1n) is 9.48. The molecule has 1 aromatic carbocycles. The maximum Gasteiger partial charge on any atom is 0.350 e. The van der Waals surface area contributed by atoms with Crippen LogP contribution >= 0.6 is 22.7 Å². The number of hydrogen-bond donors (Lipinski definition) is 1. The van der Waals surface area contributed by atoms with Gasteiger partial charge in [-0.1, -0.05) is 59.9 Å². The van der Waals surface area contributed by atoms with E-state index in [0.29, 0.717) is 22.3 Å². The van der Waals surface area contributed by atoms with E-state index in [1.807, 2.05) is 34.8 Å². The molecule has 0 aliphatic heterocycles. The zero-order valence-electron chi connectivity index (χ0n) is 16.7. The Kier molecular flexibility index (Phi) is 5.86. The van der Waals surface area contributed by atoms with Gasteiger partial charge in [0.2, 0.25) is 10.1 Å². The average Bonchev–Trinajstić information content (AvgIpc) is 3.42. The molecule has 154 valence electrons. The summed E-state index contributed by atoms with van der Waals surface area (Å²) in [5.74, 6) is -0.372. The van der Waals surface area contributed by atoms with Gasteiger partial charge in [0.15, 0.2) is 0 Å². The van der Waals surface area contributed by atoms with Gasteiger partial charge in [-0.3, -0.25) is 5.43 Å². The van der Waals surface area contributed by atoms with Crippen molar-refractivity contribution in [2.75, 3.05) is 12.0 Å². The Hall–Kier alpha value is -3.11. The largest absolute Gasteiger partial charge is 0.462 e. The van der Waals surface area contributed by atoms with Crippen molar-refractivity contribution in [1.29, 1.82) is 0 Å². The van der Waals surface area contributed by atoms with Crippen LogP contribution in [0.2, 0.25) is 0 Å². The van der Waals surface area contributed by atoms with E-state index in [1.54, 1.807) is 31.4 Å². The van der Waals surface area contributed by atoms with Crippen LogP contribution in [0.3, 0.4) is 0 Å². The number of benzene rings is 1. The summed E-state index contributed by atoms with van der Waals surface area (Å²) >= 11 is 2.78. The van der Waals surface area contributed by atoms with Gasteiger partial charge in [-0.25, -0.2) is 19.3 Å². The quantitative estimate of drug-likeness (QED) is 0.260. The maximum atomic E-state index is 12.0. The lowest BCUT2D eigenvalue weighted by Crippen LogP contribution is -2.03. The highest BCUT2D eigenvalue weighted by Gasteiger charge is 2.18. The van der Waals surface area contributed by atoms with Crippen LogP contribution in [0.15, 0.2) is 35.4 Å². The molecule has 3 aromatic heterocycles. The van der Waals surface area contributed by atoms with Gasteiger partial charge in [-0.05, 0) is 20.3 Å². The number of ether oxygens (including phenoxy) is 1. The second-order valence-corrected chi connectivity index (χ2v) is 8.32. The number of carbonyl (C=O) groups excluding carboxylic acids is 1. The van der Waals surface area contributed by atoms with Gasteiger partial charge >= 0.3 is 5.97 Å². The van der Waals surface area contributed by atoms with Crippen molar-refractivity contribution in [1.82, 2.24) is 19.6 Å². The fourth-order valence-electron chi connectivity index (χ4n) is 2.85. The molecule has 0 amide bonds. The van der Waals surface area contributed by atoms with Gasteiger partial charge in [0, 0.05) is 5.56 Å². The molecule has 0 fully saturated rings. The summed E-state index contributed by atoms with van der Waals surface area (Å²) in [5, 5.41) is 10.5. The molecule has 3 heterocycles. The van der Waals surface area contributed by atoms with E-state index >= 15 is 0 Å². The second kappa shape index (κ2) is 8.72. The Balaban J connectivity index is 1.64. The summed E-state index contributed by atoms with van der Waals surface area (Å²) in [6.07, 6.45) is 2.53. The van der Waals surface area contributed by atoms with Crippen molar-refractivity contribution in [2.45, 2.75) is 27.2 Å². The molecule has 0 atom stereocenters. The van der Waals surface area contributed by atoms with Gasteiger partial charge in [-0.2, -0.15) is 10.2 Å². The molecule has 1 N–H and O–H groups in total. The van der Waals surface area contributed by atoms with Crippen LogP contribution in [0.4, 0.5) is 5.13 Å². The zero-order valence-corrected chi connectivity index (χ0v) is 18.4. The minimum Gasteiger partial charge on any atom is -0.462 e. The van der Waals surface area contributed by atoms with Crippen molar-refractivity contribution < 1.29 is 9.53 Å². The predicted molar refractivity (Wildman–Crippen MR) is 120 cm³/mol. The Morgan fingerprint density at radius 3 is 2.77 bits per heavy atom. The molecule has 0 spiro atoms. The molecular weight excluding hydrogens is 420 g/mol. The lowest BCUT2D eigenvalue weighted by atomic mass is 10.1. The van der Waals surface area contributed by atoms with Crippen LogP contribution in [-0.2, 0) is 11.2 Å². The first-order chi connectivity index (χ1) is 14.6. The normalized spacial score (nSPS) is 11.4. The minimum absolute atomic E-state index is 0.323. The van der Waals surface area contributed by atoms with Crippen molar-refractivity contribution in [3.8, 4) is 11.3 Å². The SMILES string of the molecule is CCOC(=O)c1sc(N/N=C/c2c(-c3ccccc3)nc3sc(CC)nn23)nc1C. The second-order valence-electron chi connectivity index (χ2n) is 6.28. The highest BCUT2D eigenvalue weighted by molar-refractivity contribution is 7.17. The number of fused-ring (bicyclic) bond motifs is 1. The Morgan fingerprint density at radius 1 is 1.23 bits per heavy atom. The number of rotatable bonds is 7. The Bertz CT molecular complexity index is 1210. The van der Waals surface area contributed by atoms with Crippen LogP contribution in [-0.4, -0.2) is 38.4 Å². The third kappa shape index (κ3) is 3.96. The lowest BCUT2D eigenvalue weighted by Gasteiger charge is -1.99. The van der Waals surface area contributed by atoms with Crippen LogP contribution in [0.5, 0.6) is 0 Å². The summed E-state index contributed by atoms with van der Waals surface area (Å²) in [7, 11) is 0. The molecule has 0 unspecified atom stereocenters. The monoisotopic (exact) mass is 440 g/mol. The topological polar surface area (TPSA) is 93.8 Å². The fourth-order valence-corrected chi connectivity index (χ4v) is 4.50. The molecule has 10 heteroatoms. The van der Waals surface area contributed by atoms with Crippen LogP contribution in [0.1, 0.15) is 39.9 Å². The fraction of sp³-hybridized carbons (Fsp3) is 0.250. The van der Waals surface area contributed by atoms with Gasteiger partial charge < -0.3 is 4.74 Å². The average molecular weight is 441 g/mol. The summed E-state index contributed by atoms with van der Waals surface area (Å²) in [6, 6.07) is 9.93. The summed E-state index contributed by atoms with van der Waals surface area (Å²) in [6.45, 7) is 5.94. The summed E-state index contributed by atoms with van der Waals surface area (Å²) in [5.41, 5.74) is 6.10. The summed E-state index contributed by atoms with van der Waals surface area (Å²) in [4.78, 5) is 22.4. The number of aromatic nitrogens is 4. The molecule has 4 aromatic rings. The summed E-state index contributed by atoms with van der Waals surface area (Å²) < 4.78 is 6.87. The van der Waals surface area contributed by atoms with E-state index in [9.17, 15) is 4.79 Å². The highest BCUT2D eigenvalue weighted by atomic mass is 32.1. The molecule has 0 bridgehead atoms. The third-order valence-corrected chi connectivity index (χ3v) is 6.33. The number of carbonyl (C=O) groups is 1. The van der Waals surface area contributed by atoms with Crippen LogP contribution in [0, 0.1) is 6.92 Å². The first-order valence-corrected chi connectivity index (χ1v) is 11.1. The van der Waals surface area contributed by atoms with Crippen LogP contribution in [0.25, 0.3) is 16.2 Å². The van der Waals surface area contributed by atoms with E-state index in [2.05, 4.69) is 27.5 Å². The highest BCUT2D eigenvalue weighted by Crippen LogP contribution is 2.27. The van der Waals surface area contributed by atoms with Crippen molar-refractivity contribution in [3.05, 3.63) is 51.6 Å². The number of imidazole rings is 1. The molecule has 0 saturated heterocycles. The smallest absolute Gasteiger partial charge is 0.350 e. The third-order valence-electron chi connectivity index (χ3n) is 4.23. The minimum atomic E-state index is -0.372. The zero-order chi connectivity index (χ0) is 21.1. The number of nitrogens with one attached hydrogen (secondary N) is 1. The molecule has 0 radical (unpaired) electrons. The molecule has 30 heavy (non-hydrogen) atoms. The number of nitrogens with zero attached hydrogens (tertiary/aromatic N) is 5.